The van der Waals surface area contributed by atoms with E-state index in [0.717, 1.165) is 75.6 Å². The summed E-state index contributed by atoms with van der Waals surface area (Å²) in [6.07, 6.45) is 7.74. The number of hydrogen-bond acceptors (Lipinski definition) is 5. The van der Waals surface area contributed by atoms with Crippen molar-refractivity contribution in [1.29, 1.82) is 5.26 Å². The number of unbranched alkanes of at least 4 members (excludes halogenated alkanes) is 1. The number of benzene rings is 1. The Bertz CT molecular complexity index is 808. The predicted molar refractivity (Wildman–Crippen MR) is 115 cm³/mol. The number of nitriles is 1. The van der Waals surface area contributed by atoms with Crippen molar-refractivity contribution in [3.05, 3.63) is 42.5 Å². The van der Waals surface area contributed by atoms with Gasteiger partial charge in [0, 0.05) is 38.8 Å². The zero-order valence-corrected chi connectivity index (χ0v) is 17.1. The van der Waals surface area contributed by atoms with Crippen molar-refractivity contribution in [3.8, 4) is 6.07 Å². The van der Waals surface area contributed by atoms with Gasteiger partial charge in [0.2, 0.25) is 0 Å². The summed E-state index contributed by atoms with van der Waals surface area (Å²) in [7, 11) is 0. The Morgan fingerprint density at radius 3 is 2.90 bits per heavy atom. The van der Waals surface area contributed by atoms with Gasteiger partial charge in [-0.2, -0.15) is 5.26 Å². The lowest BCUT2D eigenvalue weighted by atomic mass is 10.0. The quantitative estimate of drug-likeness (QED) is 0.405. The number of aryl methyl sites for hydroxylation is 1. The molecule has 1 aliphatic rings. The molecule has 2 N–H and O–H groups in total. The molecule has 2 heterocycles. The van der Waals surface area contributed by atoms with E-state index in [9.17, 15) is 5.26 Å². The second-order valence-corrected chi connectivity index (χ2v) is 7.23. The molecule has 1 saturated heterocycles. The summed E-state index contributed by atoms with van der Waals surface area (Å²) in [6.45, 7) is 6.47. The smallest absolute Gasteiger partial charge is 0.191 e. The molecule has 154 valence electrons. The van der Waals surface area contributed by atoms with Crippen molar-refractivity contribution in [2.45, 2.75) is 45.2 Å². The summed E-state index contributed by atoms with van der Waals surface area (Å²) >= 11 is 0. The van der Waals surface area contributed by atoms with E-state index in [1.54, 1.807) is 12.7 Å². The van der Waals surface area contributed by atoms with Crippen molar-refractivity contribution in [1.82, 2.24) is 25.4 Å². The van der Waals surface area contributed by atoms with Gasteiger partial charge in [-0.15, -0.1) is 10.2 Å². The van der Waals surface area contributed by atoms with Crippen LogP contribution < -0.4 is 15.5 Å². The number of anilines is 1. The largest absolute Gasteiger partial charge is 0.368 e. The number of aromatic nitrogens is 3. The number of nitrogens with zero attached hydrogens (tertiary/aromatic N) is 6. The summed E-state index contributed by atoms with van der Waals surface area (Å²) in [6, 6.07) is 10.5. The van der Waals surface area contributed by atoms with Gasteiger partial charge in [0.1, 0.15) is 18.7 Å². The number of rotatable bonds is 8. The maximum atomic E-state index is 9.40. The minimum absolute atomic E-state index is 0.310. The first-order valence-electron chi connectivity index (χ1n) is 10.4. The van der Waals surface area contributed by atoms with Crippen molar-refractivity contribution in [2.24, 2.45) is 4.99 Å². The van der Waals surface area contributed by atoms with E-state index in [4.69, 9.17) is 4.99 Å². The number of piperidine rings is 1. The topological polar surface area (TPSA) is 94.2 Å². The molecular formula is C21H30N8. The number of nitrogens with one attached hydrogen (secondary N) is 2. The molecule has 0 saturated carbocycles. The van der Waals surface area contributed by atoms with Crippen LogP contribution >= 0.6 is 0 Å². The molecule has 1 aromatic carbocycles. The number of guanidine groups is 1. The molecule has 3 rings (SSSR count). The normalized spacial score (nSPS) is 17.0. The van der Waals surface area contributed by atoms with Gasteiger partial charge in [-0.05, 0) is 44.7 Å². The Labute approximate surface area is 172 Å². The molecule has 1 unspecified atom stereocenters. The van der Waals surface area contributed by atoms with E-state index in [1.165, 1.54) is 0 Å². The van der Waals surface area contributed by atoms with E-state index in [2.05, 4.69) is 38.7 Å². The van der Waals surface area contributed by atoms with Gasteiger partial charge in [-0.1, -0.05) is 12.1 Å². The standard InChI is InChI=1S/C21H30N8/c1-2-23-21(24-11-5-6-12-28-16-25-26-17-28)27-19-9-7-13-29(15-19)20-10-4-3-8-18(20)14-22/h3-4,8,10,16-17,19H,2,5-7,9,11-13,15H2,1H3,(H2,23,24,27). The molecule has 1 aromatic heterocycles. The highest BCUT2D eigenvalue weighted by atomic mass is 15.2. The lowest BCUT2D eigenvalue weighted by molar-refractivity contribution is 0.467. The molecule has 29 heavy (non-hydrogen) atoms. The zero-order valence-electron chi connectivity index (χ0n) is 17.1. The molecule has 1 atom stereocenters. The van der Waals surface area contributed by atoms with Gasteiger partial charge in [-0.25, -0.2) is 0 Å². The van der Waals surface area contributed by atoms with E-state index in [-0.39, 0.29) is 0 Å². The Morgan fingerprint density at radius 1 is 1.28 bits per heavy atom. The van der Waals surface area contributed by atoms with Crippen molar-refractivity contribution >= 4 is 11.6 Å². The number of aliphatic imine (C=N–C) groups is 1. The second-order valence-electron chi connectivity index (χ2n) is 7.23. The minimum Gasteiger partial charge on any atom is -0.368 e. The Morgan fingerprint density at radius 2 is 2.10 bits per heavy atom. The summed E-state index contributed by atoms with van der Waals surface area (Å²) in [4.78, 5) is 7.05. The third kappa shape index (κ3) is 6.21. The molecule has 0 spiro atoms. The molecule has 8 heteroatoms. The Hall–Kier alpha value is -3.08. The van der Waals surface area contributed by atoms with Gasteiger partial charge in [0.15, 0.2) is 5.96 Å². The van der Waals surface area contributed by atoms with Gasteiger partial charge >= 0.3 is 0 Å². The maximum absolute atomic E-state index is 9.40. The Balaban J connectivity index is 1.51. The minimum atomic E-state index is 0.310. The fourth-order valence-electron chi connectivity index (χ4n) is 3.61. The van der Waals surface area contributed by atoms with E-state index < -0.39 is 0 Å². The van der Waals surface area contributed by atoms with Crippen LogP contribution in [0.1, 0.15) is 38.2 Å². The first-order valence-corrected chi connectivity index (χ1v) is 10.4. The molecule has 1 fully saturated rings. The van der Waals surface area contributed by atoms with Crippen LogP contribution in [-0.4, -0.2) is 52.9 Å². The lowest BCUT2D eigenvalue weighted by Gasteiger charge is -2.35. The highest BCUT2D eigenvalue weighted by molar-refractivity contribution is 5.80. The van der Waals surface area contributed by atoms with Gasteiger partial charge in [0.25, 0.3) is 0 Å². The van der Waals surface area contributed by atoms with Crippen LogP contribution in [0.3, 0.4) is 0 Å². The molecular weight excluding hydrogens is 364 g/mol. The van der Waals surface area contributed by atoms with Crippen LogP contribution in [0.5, 0.6) is 0 Å². The van der Waals surface area contributed by atoms with E-state index in [0.29, 0.717) is 6.04 Å². The van der Waals surface area contributed by atoms with Crippen LogP contribution in [0.25, 0.3) is 0 Å². The fraction of sp³-hybridized carbons (Fsp3) is 0.524. The summed E-state index contributed by atoms with van der Waals surface area (Å²) in [5.41, 5.74) is 1.76. The van der Waals surface area contributed by atoms with Crippen LogP contribution in [0.15, 0.2) is 41.9 Å². The molecule has 0 amide bonds. The molecule has 0 bridgehead atoms. The average Bonchev–Trinajstić information content (AvgIpc) is 3.27. The van der Waals surface area contributed by atoms with Crippen molar-refractivity contribution in [3.63, 3.8) is 0 Å². The van der Waals surface area contributed by atoms with Gasteiger partial charge < -0.3 is 20.1 Å². The van der Waals surface area contributed by atoms with Crippen LogP contribution in [0.4, 0.5) is 5.69 Å². The van der Waals surface area contributed by atoms with Crippen LogP contribution in [-0.2, 0) is 6.54 Å². The highest BCUT2D eigenvalue weighted by Gasteiger charge is 2.22. The second kappa shape index (κ2) is 11.1. The average molecular weight is 395 g/mol. The third-order valence-corrected chi connectivity index (χ3v) is 5.03. The van der Waals surface area contributed by atoms with Crippen molar-refractivity contribution in [2.75, 3.05) is 31.1 Å². The highest BCUT2D eigenvalue weighted by Crippen LogP contribution is 2.23. The van der Waals surface area contributed by atoms with E-state index >= 15 is 0 Å². The van der Waals surface area contributed by atoms with Crippen LogP contribution in [0, 0.1) is 11.3 Å². The van der Waals surface area contributed by atoms with Crippen molar-refractivity contribution < 1.29 is 0 Å². The predicted octanol–water partition coefficient (Wildman–Crippen LogP) is 2.15. The van der Waals surface area contributed by atoms with E-state index in [1.807, 2.05) is 28.8 Å². The monoisotopic (exact) mass is 394 g/mol. The summed E-state index contributed by atoms with van der Waals surface area (Å²) < 4.78 is 1.99. The molecule has 0 aliphatic carbocycles. The Kier molecular flexibility index (Phi) is 7.87. The molecule has 1 aliphatic heterocycles. The van der Waals surface area contributed by atoms with Gasteiger partial charge in [-0.3, -0.25) is 4.99 Å². The first kappa shape index (κ1) is 20.6. The molecule has 0 radical (unpaired) electrons. The SMILES string of the molecule is CCNC(=NCCCCn1cnnc1)NC1CCCN(c2ccccc2C#N)C1. The third-order valence-electron chi connectivity index (χ3n) is 5.03. The molecule has 8 nitrogen and oxygen atoms in total. The van der Waals surface area contributed by atoms with Gasteiger partial charge in [0.05, 0.1) is 11.3 Å². The molecule has 2 aromatic rings. The zero-order chi connectivity index (χ0) is 20.3. The van der Waals surface area contributed by atoms with Crippen LogP contribution in [0.2, 0.25) is 0 Å². The number of hydrogen-bond donors (Lipinski definition) is 2. The summed E-state index contributed by atoms with van der Waals surface area (Å²) in [5, 5.41) is 24.0. The number of para-hydroxylation sites is 1. The lowest BCUT2D eigenvalue weighted by Crippen LogP contribution is -2.51. The first-order chi connectivity index (χ1) is 14.3. The maximum Gasteiger partial charge on any atom is 0.191 e. The fourth-order valence-corrected chi connectivity index (χ4v) is 3.61. The summed E-state index contributed by atoms with van der Waals surface area (Å²) in [5.74, 6) is 0.872.